The first-order valence-corrected chi connectivity index (χ1v) is 7.87. The second-order valence-corrected chi connectivity index (χ2v) is 5.60. The van der Waals surface area contributed by atoms with E-state index in [2.05, 4.69) is 18.2 Å². The summed E-state index contributed by atoms with van der Waals surface area (Å²) in [6.45, 7) is 1.30. The van der Waals surface area contributed by atoms with Crippen LogP contribution >= 0.6 is 11.6 Å². The van der Waals surface area contributed by atoms with Gasteiger partial charge in [-0.05, 0) is 41.1 Å². The number of rotatable bonds is 6. The number of nitrogens with two attached hydrogens (primary N) is 1. The molecular weight excluding hydrogens is 310 g/mol. The summed E-state index contributed by atoms with van der Waals surface area (Å²) >= 11 is 5.95. The van der Waals surface area contributed by atoms with Crippen molar-refractivity contribution in [3.8, 4) is 11.5 Å². The first-order valence-electron chi connectivity index (χ1n) is 7.49. The van der Waals surface area contributed by atoms with Crippen molar-refractivity contribution in [2.75, 3.05) is 13.2 Å². The summed E-state index contributed by atoms with van der Waals surface area (Å²) < 4.78 is 11.5. The van der Waals surface area contributed by atoms with E-state index in [4.69, 9.17) is 26.8 Å². The molecule has 2 N–H and O–H groups in total. The first kappa shape index (κ1) is 15.7. The van der Waals surface area contributed by atoms with Crippen molar-refractivity contribution in [2.24, 2.45) is 5.73 Å². The first-order chi connectivity index (χ1) is 11.3. The molecule has 3 aromatic rings. The Morgan fingerprint density at radius 1 is 0.826 bits per heavy atom. The Hall–Kier alpha value is -2.23. The molecule has 0 aliphatic carbocycles. The zero-order chi connectivity index (χ0) is 16.1. The van der Waals surface area contributed by atoms with E-state index in [-0.39, 0.29) is 0 Å². The summed E-state index contributed by atoms with van der Waals surface area (Å²) in [6.07, 6.45) is 0. The summed E-state index contributed by atoms with van der Waals surface area (Å²) in [5.74, 6) is 1.58. The zero-order valence-electron chi connectivity index (χ0n) is 12.7. The van der Waals surface area contributed by atoms with Crippen molar-refractivity contribution in [3.05, 3.63) is 71.2 Å². The normalized spacial score (nSPS) is 10.7. The van der Waals surface area contributed by atoms with Gasteiger partial charge in [-0.25, -0.2) is 0 Å². The molecule has 0 unspecified atom stereocenters. The molecule has 118 valence electrons. The summed E-state index contributed by atoms with van der Waals surface area (Å²) in [5.41, 5.74) is 6.59. The van der Waals surface area contributed by atoms with Crippen LogP contribution in [-0.4, -0.2) is 13.2 Å². The standard InChI is InChI=1S/C19H18ClNO2/c20-17-6-8-19(16(11-17)13-21)23-10-9-22-18-7-5-14-3-1-2-4-15(14)12-18/h1-8,11-12H,9-10,13,21H2. The van der Waals surface area contributed by atoms with Crippen LogP contribution in [0.15, 0.2) is 60.7 Å². The Labute approximate surface area is 140 Å². The minimum atomic E-state index is 0.390. The molecule has 0 saturated heterocycles. The molecule has 23 heavy (non-hydrogen) atoms. The van der Waals surface area contributed by atoms with Crippen LogP contribution in [0.2, 0.25) is 5.02 Å². The lowest BCUT2D eigenvalue weighted by Gasteiger charge is -2.12. The Morgan fingerprint density at radius 2 is 1.61 bits per heavy atom. The molecule has 4 heteroatoms. The number of hydrogen-bond donors (Lipinski definition) is 1. The molecule has 3 nitrogen and oxygen atoms in total. The van der Waals surface area contributed by atoms with Gasteiger partial charge in [-0.3, -0.25) is 0 Å². The van der Waals surface area contributed by atoms with Crippen LogP contribution in [0.1, 0.15) is 5.56 Å². The molecule has 0 heterocycles. The molecule has 0 aromatic heterocycles. The maximum atomic E-state index is 5.95. The highest BCUT2D eigenvalue weighted by molar-refractivity contribution is 6.30. The van der Waals surface area contributed by atoms with Crippen molar-refractivity contribution >= 4 is 22.4 Å². The molecule has 0 amide bonds. The van der Waals surface area contributed by atoms with Gasteiger partial charge >= 0.3 is 0 Å². The van der Waals surface area contributed by atoms with Gasteiger partial charge in [-0.1, -0.05) is 41.9 Å². The monoisotopic (exact) mass is 327 g/mol. The third-order valence-electron chi connectivity index (χ3n) is 3.57. The van der Waals surface area contributed by atoms with Crippen molar-refractivity contribution in [3.63, 3.8) is 0 Å². The van der Waals surface area contributed by atoms with Gasteiger partial charge in [0.2, 0.25) is 0 Å². The summed E-state index contributed by atoms with van der Waals surface area (Å²) in [6, 6.07) is 19.7. The predicted octanol–water partition coefficient (Wildman–Crippen LogP) is 4.41. The van der Waals surface area contributed by atoms with Gasteiger partial charge in [0.05, 0.1) is 0 Å². The van der Waals surface area contributed by atoms with Crippen LogP contribution in [0.5, 0.6) is 11.5 Å². The fourth-order valence-electron chi connectivity index (χ4n) is 2.42. The van der Waals surface area contributed by atoms with Gasteiger partial charge < -0.3 is 15.2 Å². The lowest BCUT2D eigenvalue weighted by Crippen LogP contribution is -2.11. The zero-order valence-corrected chi connectivity index (χ0v) is 13.4. The van der Waals surface area contributed by atoms with Crippen LogP contribution in [0.3, 0.4) is 0 Å². The van der Waals surface area contributed by atoms with E-state index in [0.29, 0.717) is 24.8 Å². The molecule has 0 fully saturated rings. The van der Waals surface area contributed by atoms with Crippen LogP contribution in [-0.2, 0) is 6.54 Å². The van der Waals surface area contributed by atoms with Crippen molar-refractivity contribution in [1.82, 2.24) is 0 Å². The van der Waals surface area contributed by atoms with Gasteiger partial charge in [0.15, 0.2) is 0 Å². The fourth-order valence-corrected chi connectivity index (χ4v) is 2.61. The molecule has 0 bridgehead atoms. The quantitative estimate of drug-likeness (QED) is 0.682. The third-order valence-corrected chi connectivity index (χ3v) is 3.81. The maximum absolute atomic E-state index is 5.95. The number of halogens is 1. The molecular formula is C19H18ClNO2. The highest BCUT2D eigenvalue weighted by Gasteiger charge is 2.03. The van der Waals surface area contributed by atoms with Crippen molar-refractivity contribution < 1.29 is 9.47 Å². The fraction of sp³-hybridized carbons (Fsp3) is 0.158. The van der Waals surface area contributed by atoms with Crippen LogP contribution in [0.25, 0.3) is 10.8 Å². The Bertz CT molecular complexity index is 804. The lowest BCUT2D eigenvalue weighted by molar-refractivity contribution is 0.216. The summed E-state index contributed by atoms with van der Waals surface area (Å²) in [4.78, 5) is 0. The summed E-state index contributed by atoms with van der Waals surface area (Å²) in [7, 11) is 0. The average molecular weight is 328 g/mol. The minimum absolute atomic E-state index is 0.390. The van der Waals surface area contributed by atoms with Crippen LogP contribution < -0.4 is 15.2 Å². The van der Waals surface area contributed by atoms with E-state index in [9.17, 15) is 0 Å². The smallest absolute Gasteiger partial charge is 0.124 e. The second-order valence-electron chi connectivity index (χ2n) is 5.16. The van der Waals surface area contributed by atoms with E-state index in [1.54, 1.807) is 6.07 Å². The molecule has 3 rings (SSSR count). The molecule has 0 aliphatic rings. The second kappa shape index (κ2) is 7.36. The molecule has 0 aliphatic heterocycles. The summed E-state index contributed by atoms with van der Waals surface area (Å²) in [5, 5.41) is 3.02. The van der Waals surface area contributed by atoms with Crippen molar-refractivity contribution in [2.45, 2.75) is 6.54 Å². The molecule has 0 radical (unpaired) electrons. The average Bonchev–Trinajstić information content (AvgIpc) is 2.59. The van der Waals surface area contributed by atoms with Crippen molar-refractivity contribution in [1.29, 1.82) is 0 Å². The molecule has 0 spiro atoms. The Kier molecular flexibility index (Phi) is 5.01. The lowest BCUT2D eigenvalue weighted by atomic mass is 10.1. The number of fused-ring (bicyclic) bond motifs is 1. The highest BCUT2D eigenvalue weighted by Crippen LogP contribution is 2.23. The van der Waals surface area contributed by atoms with Gasteiger partial charge in [0.25, 0.3) is 0 Å². The Morgan fingerprint density at radius 3 is 2.43 bits per heavy atom. The molecule has 0 atom stereocenters. The van der Waals surface area contributed by atoms with Crippen LogP contribution in [0.4, 0.5) is 0 Å². The molecule has 3 aromatic carbocycles. The van der Waals surface area contributed by atoms with E-state index in [1.165, 1.54) is 5.39 Å². The topological polar surface area (TPSA) is 44.5 Å². The van der Waals surface area contributed by atoms with E-state index in [1.807, 2.05) is 36.4 Å². The van der Waals surface area contributed by atoms with E-state index in [0.717, 1.165) is 22.4 Å². The third kappa shape index (κ3) is 3.95. The number of benzene rings is 3. The largest absolute Gasteiger partial charge is 0.490 e. The SMILES string of the molecule is NCc1cc(Cl)ccc1OCCOc1ccc2ccccc2c1. The van der Waals surface area contributed by atoms with Gasteiger partial charge in [0, 0.05) is 17.1 Å². The highest BCUT2D eigenvalue weighted by atomic mass is 35.5. The maximum Gasteiger partial charge on any atom is 0.124 e. The van der Waals surface area contributed by atoms with E-state index < -0.39 is 0 Å². The van der Waals surface area contributed by atoms with E-state index >= 15 is 0 Å². The predicted molar refractivity (Wildman–Crippen MR) is 94.3 cm³/mol. The van der Waals surface area contributed by atoms with Gasteiger partial charge in [0.1, 0.15) is 24.7 Å². The van der Waals surface area contributed by atoms with Gasteiger partial charge in [-0.2, -0.15) is 0 Å². The Balaban J connectivity index is 1.56. The number of hydrogen-bond acceptors (Lipinski definition) is 3. The molecule has 0 saturated carbocycles. The number of ether oxygens (including phenoxy) is 2. The minimum Gasteiger partial charge on any atom is -0.490 e. The van der Waals surface area contributed by atoms with Gasteiger partial charge in [-0.15, -0.1) is 0 Å². The van der Waals surface area contributed by atoms with Crippen LogP contribution in [0, 0.1) is 0 Å².